The number of rotatable bonds is 5. The van der Waals surface area contributed by atoms with Crippen LogP contribution in [0.2, 0.25) is 0 Å². The topological polar surface area (TPSA) is 15.3 Å². The third kappa shape index (κ3) is 2.91. The molecule has 0 aromatic heterocycles. The van der Waals surface area contributed by atoms with E-state index in [9.17, 15) is 0 Å². The lowest BCUT2D eigenvalue weighted by Crippen LogP contribution is -2.43. The van der Waals surface area contributed by atoms with Gasteiger partial charge in [-0.2, -0.15) is 0 Å². The highest BCUT2D eigenvalue weighted by molar-refractivity contribution is 5.32. The Labute approximate surface area is 123 Å². The maximum atomic E-state index is 3.84. The highest BCUT2D eigenvalue weighted by Crippen LogP contribution is 2.36. The smallest absolute Gasteiger partial charge is 0.0480 e. The number of nitrogens with zero attached hydrogens (tertiary/aromatic N) is 1. The molecule has 0 saturated heterocycles. The van der Waals surface area contributed by atoms with Crippen molar-refractivity contribution in [3.05, 3.63) is 35.4 Å². The Kier molecular flexibility index (Phi) is 4.42. The molecule has 2 unspecified atom stereocenters. The molecule has 1 fully saturated rings. The van der Waals surface area contributed by atoms with Gasteiger partial charge in [-0.25, -0.2) is 0 Å². The molecule has 0 heterocycles. The average molecular weight is 272 g/mol. The summed E-state index contributed by atoms with van der Waals surface area (Å²) in [6, 6.07) is 11.1. The fraction of sp³-hybridized carbons (Fsp3) is 0.667. The van der Waals surface area contributed by atoms with Crippen LogP contribution in [0.1, 0.15) is 56.2 Å². The normalized spacial score (nSPS) is 26.4. The molecule has 1 aromatic rings. The van der Waals surface area contributed by atoms with Crippen LogP contribution in [0.5, 0.6) is 0 Å². The molecular weight excluding hydrogens is 244 g/mol. The maximum absolute atomic E-state index is 3.84. The summed E-state index contributed by atoms with van der Waals surface area (Å²) in [7, 11) is 2.34. The predicted octanol–water partition coefficient (Wildman–Crippen LogP) is 3.53. The van der Waals surface area contributed by atoms with Gasteiger partial charge in [0.05, 0.1) is 0 Å². The maximum Gasteiger partial charge on any atom is 0.0480 e. The second-order valence-electron chi connectivity index (χ2n) is 6.49. The van der Waals surface area contributed by atoms with Crippen LogP contribution in [0.4, 0.5) is 0 Å². The van der Waals surface area contributed by atoms with Crippen LogP contribution in [0.15, 0.2) is 24.3 Å². The van der Waals surface area contributed by atoms with Crippen LogP contribution < -0.4 is 5.32 Å². The predicted molar refractivity (Wildman–Crippen MR) is 85.0 cm³/mol. The van der Waals surface area contributed by atoms with Gasteiger partial charge in [0.25, 0.3) is 0 Å². The molecule has 2 nitrogen and oxygen atoms in total. The van der Waals surface area contributed by atoms with Crippen LogP contribution in [0, 0.1) is 0 Å². The molecule has 3 rings (SSSR count). The Morgan fingerprint density at radius 2 is 2.00 bits per heavy atom. The summed E-state index contributed by atoms with van der Waals surface area (Å²) >= 11 is 0. The van der Waals surface area contributed by atoms with E-state index >= 15 is 0 Å². The number of hydrogen-bond acceptors (Lipinski definition) is 2. The minimum absolute atomic E-state index is 0.513. The number of nitrogens with one attached hydrogen (secondary N) is 1. The summed E-state index contributed by atoms with van der Waals surface area (Å²) in [6.07, 6.45) is 7.89. The molecular formula is C18H28N2. The molecule has 1 N–H and O–H groups in total. The van der Waals surface area contributed by atoms with Crippen molar-refractivity contribution in [2.45, 2.75) is 63.6 Å². The Hall–Kier alpha value is -0.860. The molecule has 0 radical (unpaired) electrons. The number of likely N-dealkylation sites (N-methyl/N-ethyl adjacent to an activating group) is 1. The molecule has 2 heteroatoms. The fourth-order valence-corrected chi connectivity index (χ4v) is 3.68. The van der Waals surface area contributed by atoms with E-state index in [0.717, 1.165) is 12.6 Å². The Bertz CT molecular complexity index is 439. The molecule has 2 aliphatic rings. The van der Waals surface area contributed by atoms with Crippen LogP contribution in [-0.2, 0) is 6.42 Å². The standard InChI is InChI=1S/C18H28N2/c1-3-13-19-18-16-9-5-4-7-14(16)8-6-10-17(18)20(2)15-11-12-15/h4-5,7,9,15,17-19H,3,6,8,10-13H2,1-2H3. The van der Waals surface area contributed by atoms with Gasteiger partial charge in [0.15, 0.2) is 0 Å². The molecule has 1 aromatic carbocycles. The van der Waals surface area contributed by atoms with Crippen molar-refractivity contribution in [1.29, 1.82) is 0 Å². The molecule has 2 atom stereocenters. The van der Waals surface area contributed by atoms with E-state index < -0.39 is 0 Å². The molecule has 1 saturated carbocycles. The van der Waals surface area contributed by atoms with Gasteiger partial charge in [-0.3, -0.25) is 4.90 Å². The SMILES string of the molecule is CCCNC1c2ccccc2CCCC1N(C)C1CC1. The minimum Gasteiger partial charge on any atom is -0.309 e. The molecule has 2 aliphatic carbocycles. The largest absolute Gasteiger partial charge is 0.309 e. The summed E-state index contributed by atoms with van der Waals surface area (Å²) in [5.74, 6) is 0. The molecule has 0 bridgehead atoms. The molecule has 0 aliphatic heterocycles. The minimum atomic E-state index is 0.513. The van der Waals surface area contributed by atoms with Crippen molar-refractivity contribution in [3.8, 4) is 0 Å². The van der Waals surface area contributed by atoms with Gasteiger partial charge < -0.3 is 5.32 Å². The van der Waals surface area contributed by atoms with Gasteiger partial charge in [0.2, 0.25) is 0 Å². The van der Waals surface area contributed by atoms with Crippen molar-refractivity contribution in [1.82, 2.24) is 10.2 Å². The van der Waals surface area contributed by atoms with Gasteiger partial charge in [-0.15, -0.1) is 0 Å². The van der Waals surface area contributed by atoms with E-state index in [0.29, 0.717) is 12.1 Å². The van der Waals surface area contributed by atoms with Gasteiger partial charge >= 0.3 is 0 Å². The second-order valence-corrected chi connectivity index (χ2v) is 6.49. The molecule has 20 heavy (non-hydrogen) atoms. The van der Waals surface area contributed by atoms with Gasteiger partial charge in [0, 0.05) is 18.1 Å². The van der Waals surface area contributed by atoms with Crippen molar-refractivity contribution in [2.24, 2.45) is 0 Å². The zero-order valence-electron chi connectivity index (χ0n) is 12.9. The van der Waals surface area contributed by atoms with Crippen molar-refractivity contribution in [2.75, 3.05) is 13.6 Å². The van der Waals surface area contributed by atoms with Crippen LogP contribution in [0.3, 0.4) is 0 Å². The number of fused-ring (bicyclic) bond motifs is 1. The lowest BCUT2D eigenvalue weighted by molar-refractivity contribution is 0.174. The zero-order chi connectivity index (χ0) is 13.9. The van der Waals surface area contributed by atoms with E-state index in [-0.39, 0.29) is 0 Å². The lowest BCUT2D eigenvalue weighted by atomic mass is 9.95. The highest BCUT2D eigenvalue weighted by Gasteiger charge is 2.36. The van der Waals surface area contributed by atoms with Gasteiger partial charge in [0.1, 0.15) is 0 Å². The quantitative estimate of drug-likeness (QED) is 0.825. The van der Waals surface area contributed by atoms with Crippen LogP contribution in [0.25, 0.3) is 0 Å². The molecule has 110 valence electrons. The first-order valence-electron chi connectivity index (χ1n) is 8.34. The van der Waals surface area contributed by atoms with E-state index in [1.54, 1.807) is 11.1 Å². The van der Waals surface area contributed by atoms with Crippen molar-refractivity contribution in [3.63, 3.8) is 0 Å². The first-order chi connectivity index (χ1) is 9.81. The first kappa shape index (κ1) is 14.1. The number of aryl methyl sites for hydroxylation is 1. The third-order valence-corrected chi connectivity index (χ3v) is 4.98. The van der Waals surface area contributed by atoms with Crippen LogP contribution >= 0.6 is 0 Å². The second kappa shape index (κ2) is 6.28. The van der Waals surface area contributed by atoms with Crippen molar-refractivity contribution < 1.29 is 0 Å². The molecule has 0 amide bonds. The Balaban J connectivity index is 1.88. The van der Waals surface area contributed by atoms with Gasteiger partial charge in [-0.05, 0) is 63.2 Å². The monoisotopic (exact) mass is 272 g/mol. The Morgan fingerprint density at radius 1 is 1.20 bits per heavy atom. The zero-order valence-corrected chi connectivity index (χ0v) is 12.9. The fourth-order valence-electron chi connectivity index (χ4n) is 3.68. The number of hydrogen-bond donors (Lipinski definition) is 1. The van der Waals surface area contributed by atoms with Crippen LogP contribution in [-0.4, -0.2) is 30.6 Å². The Morgan fingerprint density at radius 3 is 2.75 bits per heavy atom. The summed E-state index contributed by atoms with van der Waals surface area (Å²) in [5, 5.41) is 3.84. The molecule has 0 spiro atoms. The van der Waals surface area contributed by atoms with E-state index in [1.807, 2.05) is 0 Å². The average Bonchev–Trinajstić information content (AvgIpc) is 3.31. The number of benzene rings is 1. The first-order valence-corrected chi connectivity index (χ1v) is 8.34. The third-order valence-electron chi connectivity index (χ3n) is 4.98. The van der Waals surface area contributed by atoms with Gasteiger partial charge in [-0.1, -0.05) is 31.2 Å². The summed E-state index contributed by atoms with van der Waals surface area (Å²) in [6.45, 7) is 3.38. The van der Waals surface area contributed by atoms with E-state index in [1.165, 1.54) is 38.5 Å². The summed E-state index contributed by atoms with van der Waals surface area (Å²) < 4.78 is 0. The van der Waals surface area contributed by atoms with Crippen molar-refractivity contribution >= 4 is 0 Å². The summed E-state index contributed by atoms with van der Waals surface area (Å²) in [4.78, 5) is 2.66. The van der Waals surface area contributed by atoms with E-state index in [4.69, 9.17) is 0 Å². The summed E-state index contributed by atoms with van der Waals surface area (Å²) in [5.41, 5.74) is 3.11. The lowest BCUT2D eigenvalue weighted by Gasteiger charge is -2.35. The highest BCUT2D eigenvalue weighted by atomic mass is 15.2. The van der Waals surface area contributed by atoms with E-state index in [2.05, 4.69) is 48.5 Å².